The van der Waals surface area contributed by atoms with Gasteiger partial charge in [0.15, 0.2) is 5.82 Å². The standard InChI is InChI=1S/C10H14FN3O4S2/c1-12-9-6-7(14(15)16)5-8(11)10(9)20(17,18)13-3-4-19-2/h5-6,12-13H,3-4H2,1-2H3. The Morgan fingerprint density at radius 2 is 2.10 bits per heavy atom. The van der Waals surface area contributed by atoms with Gasteiger partial charge < -0.3 is 5.32 Å². The molecule has 0 saturated carbocycles. The Bertz CT molecular complexity index is 607. The Labute approximate surface area is 120 Å². The van der Waals surface area contributed by atoms with Crippen molar-refractivity contribution in [1.29, 1.82) is 0 Å². The fourth-order valence-corrected chi connectivity index (χ4v) is 3.21. The fourth-order valence-electron chi connectivity index (χ4n) is 1.49. The van der Waals surface area contributed by atoms with Crippen molar-refractivity contribution >= 4 is 33.2 Å². The molecule has 0 heterocycles. The molecule has 0 aliphatic rings. The van der Waals surface area contributed by atoms with Crippen LogP contribution in [0.1, 0.15) is 0 Å². The van der Waals surface area contributed by atoms with Gasteiger partial charge in [0.1, 0.15) is 4.90 Å². The highest BCUT2D eigenvalue weighted by Crippen LogP contribution is 2.29. The number of rotatable bonds is 7. The van der Waals surface area contributed by atoms with Crippen LogP contribution >= 0.6 is 11.8 Å². The molecule has 20 heavy (non-hydrogen) atoms. The van der Waals surface area contributed by atoms with Crippen LogP contribution in [0.3, 0.4) is 0 Å². The molecule has 0 aromatic heterocycles. The first kappa shape index (κ1) is 16.7. The second-order valence-electron chi connectivity index (χ2n) is 3.70. The smallest absolute Gasteiger partial charge is 0.274 e. The van der Waals surface area contributed by atoms with Crippen LogP contribution < -0.4 is 10.0 Å². The lowest BCUT2D eigenvalue weighted by molar-refractivity contribution is -0.385. The number of sulfonamides is 1. The van der Waals surface area contributed by atoms with E-state index in [0.717, 1.165) is 6.07 Å². The molecule has 0 atom stereocenters. The zero-order valence-corrected chi connectivity index (χ0v) is 12.5. The zero-order chi connectivity index (χ0) is 15.3. The highest BCUT2D eigenvalue weighted by Gasteiger charge is 2.26. The van der Waals surface area contributed by atoms with Crippen molar-refractivity contribution in [2.24, 2.45) is 0 Å². The number of anilines is 1. The quantitative estimate of drug-likeness (QED) is 0.447. The molecule has 0 unspecified atom stereocenters. The lowest BCUT2D eigenvalue weighted by Crippen LogP contribution is -2.27. The molecular weight excluding hydrogens is 309 g/mol. The van der Waals surface area contributed by atoms with Gasteiger partial charge in [-0.25, -0.2) is 17.5 Å². The van der Waals surface area contributed by atoms with Crippen molar-refractivity contribution < 1.29 is 17.7 Å². The molecule has 0 fully saturated rings. The molecule has 0 amide bonds. The van der Waals surface area contributed by atoms with Crippen LogP contribution in [-0.2, 0) is 10.0 Å². The van der Waals surface area contributed by atoms with Crippen molar-refractivity contribution in [2.75, 3.05) is 30.9 Å². The van der Waals surface area contributed by atoms with Gasteiger partial charge in [0, 0.05) is 25.4 Å². The van der Waals surface area contributed by atoms with Crippen LogP contribution in [0.2, 0.25) is 0 Å². The number of thioether (sulfide) groups is 1. The van der Waals surface area contributed by atoms with Gasteiger partial charge in [0.05, 0.1) is 16.7 Å². The molecule has 0 radical (unpaired) electrons. The lowest BCUT2D eigenvalue weighted by Gasteiger charge is -2.11. The first-order valence-electron chi connectivity index (χ1n) is 5.47. The monoisotopic (exact) mass is 323 g/mol. The summed E-state index contributed by atoms with van der Waals surface area (Å²) < 4.78 is 40.2. The molecule has 1 aromatic carbocycles. The number of hydrogen-bond donors (Lipinski definition) is 2. The van der Waals surface area contributed by atoms with Gasteiger partial charge >= 0.3 is 0 Å². The Kier molecular flexibility index (Phi) is 5.72. The summed E-state index contributed by atoms with van der Waals surface area (Å²) in [7, 11) is -2.71. The predicted octanol–water partition coefficient (Wildman–Crippen LogP) is 1.42. The van der Waals surface area contributed by atoms with Crippen molar-refractivity contribution in [1.82, 2.24) is 4.72 Å². The number of benzene rings is 1. The largest absolute Gasteiger partial charge is 0.387 e. The first-order valence-corrected chi connectivity index (χ1v) is 8.35. The van der Waals surface area contributed by atoms with E-state index in [9.17, 15) is 22.9 Å². The Hall–Kier alpha value is -1.39. The number of nitro benzene ring substituents is 1. The maximum Gasteiger partial charge on any atom is 0.274 e. The summed E-state index contributed by atoms with van der Waals surface area (Å²) in [5.41, 5.74) is -0.678. The predicted molar refractivity (Wildman–Crippen MR) is 76.2 cm³/mol. The van der Waals surface area contributed by atoms with Crippen molar-refractivity contribution in [3.05, 3.63) is 28.1 Å². The molecule has 0 aliphatic carbocycles. The second kappa shape index (κ2) is 6.86. The van der Waals surface area contributed by atoms with Crippen molar-refractivity contribution in [3.8, 4) is 0 Å². The molecule has 1 aromatic rings. The van der Waals surface area contributed by atoms with E-state index in [2.05, 4.69) is 10.0 Å². The summed E-state index contributed by atoms with van der Waals surface area (Å²) >= 11 is 1.43. The number of non-ortho nitro benzene ring substituents is 1. The fraction of sp³-hybridized carbons (Fsp3) is 0.400. The van der Waals surface area contributed by atoms with E-state index in [-0.39, 0.29) is 12.2 Å². The summed E-state index contributed by atoms with van der Waals surface area (Å²) in [4.78, 5) is 9.23. The van der Waals surface area contributed by atoms with Crippen molar-refractivity contribution in [3.63, 3.8) is 0 Å². The molecule has 0 spiro atoms. The molecule has 1 rings (SSSR count). The average Bonchev–Trinajstić information content (AvgIpc) is 2.37. The summed E-state index contributed by atoms with van der Waals surface area (Å²) in [5.74, 6) is -0.636. The highest BCUT2D eigenvalue weighted by atomic mass is 32.2. The van der Waals surface area contributed by atoms with E-state index >= 15 is 0 Å². The van der Waals surface area contributed by atoms with E-state index in [1.807, 2.05) is 0 Å². The summed E-state index contributed by atoms with van der Waals surface area (Å²) in [6, 6.07) is 1.57. The van der Waals surface area contributed by atoms with E-state index in [1.54, 1.807) is 6.26 Å². The van der Waals surface area contributed by atoms with Crippen LogP contribution in [0.15, 0.2) is 17.0 Å². The number of nitrogens with one attached hydrogen (secondary N) is 2. The number of halogens is 1. The molecule has 112 valence electrons. The third-order valence-electron chi connectivity index (χ3n) is 2.38. The molecule has 0 saturated heterocycles. The maximum absolute atomic E-state index is 13.9. The van der Waals surface area contributed by atoms with Gasteiger partial charge in [-0.1, -0.05) is 0 Å². The molecular formula is C10H14FN3O4S2. The molecule has 0 aliphatic heterocycles. The van der Waals surface area contributed by atoms with Crippen LogP contribution in [0.5, 0.6) is 0 Å². The number of hydrogen-bond acceptors (Lipinski definition) is 6. The van der Waals surface area contributed by atoms with Gasteiger partial charge in [-0.05, 0) is 6.26 Å². The van der Waals surface area contributed by atoms with Crippen LogP contribution in [0.4, 0.5) is 15.8 Å². The Balaban J connectivity index is 3.26. The summed E-state index contributed by atoms with van der Waals surface area (Å²) in [5, 5.41) is 13.1. The minimum atomic E-state index is -4.07. The van der Waals surface area contributed by atoms with E-state index in [4.69, 9.17) is 0 Å². The topological polar surface area (TPSA) is 101 Å². The van der Waals surface area contributed by atoms with Gasteiger partial charge in [-0.15, -0.1) is 0 Å². The zero-order valence-electron chi connectivity index (χ0n) is 10.8. The Morgan fingerprint density at radius 3 is 2.60 bits per heavy atom. The van der Waals surface area contributed by atoms with Gasteiger partial charge in [-0.3, -0.25) is 10.1 Å². The van der Waals surface area contributed by atoms with Gasteiger partial charge in [0.25, 0.3) is 5.69 Å². The minimum Gasteiger partial charge on any atom is -0.387 e. The summed E-state index contributed by atoms with van der Waals surface area (Å²) in [6.07, 6.45) is 1.81. The SMILES string of the molecule is CNc1cc([N+](=O)[O-])cc(F)c1S(=O)(=O)NCCSC. The highest BCUT2D eigenvalue weighted by molar-refractivity contribution is 7.98. The van der Waals surface area contributed by atoms with E-state index in [0.29, 0.717) is 11.8 Å². The van der Waals surface area contributed by atoms with Crippen LogP contribution in [0.25, 0.3) is 0 Å². The molecule has 0 bridgehead atoms. The van der Waals surface area contributed by atoms with Crippen LogP contribution in [0, 0.1) is 15.9 Å². The molecule has 2 N–H and O–H groups in total. The summed E-state index contributed by atoms with van der Waals surface area (Å²) in [6.45, 7) is 0.142. The third kappa shape index (κ3) is 3.81. The van der Waals surface area contributed by atoms with Crippen LogP contribution in [-0.4, -0.2) is 38.9 Å². The van der Waals surface area contributed by atoms with Crippen molar-refractivity contribution in [2.45, 2.75) is 4.90 Å². The Morgan fingerprint density at radius 1 is 1.45 bits per heavy atom. The first-order chi connectivity index (χ1) is 9.33. The normalized spacial score (nSPS) is 11.3. The van der Waals surface area contributed by atoms with Gasteiger partial charge in [0.2, 0.25) is 10.0 Å². The maximum atomic E-state index is 13.9. The van der Waals surface area contributed by atoms with Gasteiger partial charge in [-0.2, -0.15) is 11.8 Å². The van der Waals surface area contributed by atoms with E-state index < -0.39 is 31.3 Å². The third-order valence-corrected chi connectivity index (χ3v) is 4.52. The van der Waals surface area contributed by atoms with E-state index in [1.165, 1.54) is 18.8 Å². The molecule has 10 heteroatoms. The molecule has 7 nitrogen and oxygen atoms in total. The lowest BCUT2D eigenvalue weighted by atomic mass is 10.2. The number of nitro groups is 1. The second-order valence-corrected chi connectivity index (χ2v) is 6.39. The minimum absolute atomic E-state index is 0.142. The average molecular weight is 323 g/mol. The number of nitrogens with zero attached hydrogens (tertiary/aromatic N) is 1.